The van der Waals surface area contributed by atoms with E-state index in [4.69, 9.17) is 10.5 Å². The maximum atomic E-state index is 6.21. The maximum absolute atomic E-state index is 6.21. The van der Waals surface area contributed by atoms with Gasteiger partial charge in [0.25, 0.3) is 0 Å². The average Bonchev–Trinajstić information content (AvgIpc) is 2.75. The number of hydrogen-bond donors (Lipinski definition) is 1. The van der Waals surface area contributed by atoms with Gasteiger partial charge >= 0.3 is 0 Å². The molecule has 0 aromatic carbocycles. The highest BCUT2D eigenvalue weighted by molar-refractivity contribution is 5.04. The Morgan fingerprint density at radius 2 is 1.95 bits per heavy atom. The smallest absolute Gasteiger partial charge is 0.0949 e. The molecule has 0 aliphatic heterocycles. The summed E-state index contributed by atoms with van der Waals surface area (Å²) in [6, 6.07) is 0.0677. The van der Waals surface area contributed by atoms with Crippen LogP contribution < -0.4 is 5.73 Å². The minimum absolute atomic E-state index is 0.0677. The molecule has 1 atom stereocenters. The minimum Gasteiger partial charge on any atom is -0.380 e. The van der Waals surface area contributed by atoms with Gasteiger partial charge in [-0.25, -0.2) is 4.98 Å². The van der Waals surface area contributed by atoms with Crippen molar-refractivity contribution in [2.24, 2.45) is 17.6 Å². The summed E-state index contributed by atoms with van der Waals surface area (Å²) in [6.45, 7) is 11.2. The first-order valence-electron chi connectivity index (χ1n) is 7.34. The summed E-state index contributed by atoms with van der Waals surface area (Å²) in [7, 11) is 0. The van der Waals surface area contributed by atoms with Crippen molar-refractivity contribution < 1.29 is 4.74 Å². The third-order valence-electron chi connectivity index (χ3n) is 3.17. The van der Waals surface area contributed by atoms with Crippen LogP contribution in [0.25, 0.3) is 0 Å². The van der Waals surface area contributed by atoms with Crippen LogP contribution in [0.1, 0.15) is 52.3 Å². The van der Waals surface area contributed by atoms with Gasteiger partial charge in [-0.3, -0.25) is 0 Å². The fourth-order valence-corrected chi connectivity index (χ4v) is 2.04. The van der Waals surface area contributed by atoms with Crippen molar-refractivity contribution in [3.63, 3.8) is 0 Å². The molecule has 0 spiro atoms. The van der Waals surface area contributed by atoms with E-state index in [1.54, 1.807) is 0 Å². The Labute approximate surface area is 117 Å². The third kappa shape index (κ3) is 6.21. The Morgan fingerprint density at radius 1 is 1.21 bits per heavy atom. The van der Waals surface area contributed by atoms with E-state index in [0.717, 1.165) is 38.3 Å². The highest BCUT2D eigenvalue weighted by Crippen LogP contribution is 2.18. The molecule has 0 aliphatic rings. The summed E-state index contributed by atoms with van der Waals surface area (Å²) in [5.74, 6) is 1.30. The fourth-order valence-electron chi connectivity index (χ4n) is 2.04. The van der Waals surface area contributed by atoms with Crippen molar-refractivity contribution in [2.75, 3.05) is 13.2 Å². The van der Waals surface area contributed by atoms with Crippen LogP contribution >= 0.6 is 0 Å². The highest BCUT2D eigenvalue weighted by atomic mass is 16.5. The van der Waals surface area contributed by atoms with Crippen molar-refractivity contribution in [1.82, 2.24) is 9.55 Å². The molecular formula is C15H29N3O. The van der Waals surface area contributed by atoms with E-state index in [-0.39, 0.29) is 6.04 Å². The van der Waals surface area contributed by atoms with Crippen molar-refractivity contribution in [2.45, 2.75) is 53.1 Å². The molecular weight excluding hydrogens is 238 g/mol. The van der Waals surface area contributed by atoms with Crippen LogP contribution in [0.4, 0.5) is 0 Å². The lowest BCUT2D eigenvalue weighted by Crippen LogP contribution is -2.18. The molecule has 1 heterocycles. The van der Waals surface area contributed by atoms with Crippen molar-refractivity contribution in [3.05, 3.63) is 18.2 Å². The normalized spacial score (nSPS) is 13.4. The molecule has 4 nitrogen and oxygen atoms in total. The van der Waals surface area contributed by atoms with Gasteiger partial charge in [0, 0.05) is 25.4 Å². The lowest BCUT2D eigenvalue weighted by molar-refractivity contribution is 0.115. The molecule has 1 unspecified atom stereocenters. The predicted octanol–water partition coefficient (Wildman–Crippen LogP) is 2.99. The standard InChI is InChI=1S/C15H29N3O/c1-12(2)5-7-19-8-6-18-11-17-10-15(18)14(16)9-13(3)4/h10-14H,5-9,16H2,1-4H3. The second-order valence-corrected chi connectivity index (χ2v) is 6.04. The van der Waals surface area contributed by atoms with Crippen molar-refractivity contribution in [3.8, 4) is 0 Å². The molecule has 0 fully saturated rings. The van der Waals surface area contributed by atoms with Gasteiger partial charge in [0.2, 0.25) is 0 Å². The van der Waals surface area contributed by atoms with Gasteiger partial charge in [-0.15, -0.1) is 0 Å². The fraction of sp³-hybridized carbons (Fsp3) is 0.800. The van der Waals surface area contributed by atoms with Crippen LogP contribution in [0.2, 0.25) is 0 Å². The summed E-state index contributed by atoms with van der Waals surface area (Å²) >= 11 is 0. The Kier molecular flexibility index (Phi) is 7.10. The number of imidazole rings is 1. The second kappa shape index (κ2) is 8.33. The van der Waals surface area contributed by atoms with Gasteiger partial charge in [0.1, 0.15) is 0 Å². The largest absolute Gasteiger partial charge is 0.380 e. The number of aromatic nitrogens is 2. The topological polar surface area (TPSA) is 53.1 Å². The van der Waals surface area contributed by atoms with E-state index >= 15 is 0 Å². The van der Waals surface area contributed by atoms with E-state index in [2.05, 4.69) is 37.2 Å². The number of hydrogen-bond acceptors (Lipinski definition) is 3. The summed E-state index contributed by atoms with van der Waals surface area (Å²) in [6.07, 6.45) is 5.83. The molecule has 0 amide bonds. The number of rotatable bonds is 9. The van der Waals surface area contributed by atoms with E-state index in [9.17, 15) is 0 Å². The molecule has 2 N–H and O–H groups in total. The zero-order chi connectivity index (χ0) is 14.3. The van der Waals surface area contributed by atoms with Gasteiger partial charge in [-0.1, -0.05) is 27.7 Å². The average molecular weight is 267 g/mol. The Balaban J connectivity index is 2.36. The van der Waals surface area contributed by atoms with Gasteiger partial charge in [0.05, 0.1) is 18.6 Å². The Morgan fingerprint density at radius 3 is 2.58 bits per heavy atom. The number of nitrogens with zero attached hydrogens (tertiary/aromatic N) is 2. The first-order chi connectivity index (χ1) is 9.00. The summed E-state index contributed by atoms with van der Waals surface area (Å²) in [5, 5.41) is 0. The SMILES string of the molecule is CC(C)CCOCCn1cncc1C(N)CC(C)C. The van der Waals surface area contributed by atoms with Crippen LogP contribution in [-0.4, -0.2) is 22.8 Å². The molecule has 0 radical (unpaired) electrons. The summed E-state index contributed by atoms with van der Waals surface area (Å²) in [5.41, 5.74) is 7.32. The molecule has 0 aliphatic carbocycles. The number of ether oxygens (including phenoxy) is 1. The van der Waals surface area contributed by atoms with E-state index in [0.29, 0.717) is 11.8 Å². The monoisotopic (exact) mass is 267 g/mol. The van der Waals surface area contributed by atoms with E-state index in [1.165, 1.54) is 0 Å². The van der Waals surface area contributed by atoms with Crippen LogP contribution in [0.5, 0.6) is 0 Å². The Bertz CT molecular complexity index is 347. The summed E-state index contributed by atoms with van der Waals surface area (Å²) < 4.78 is 7.76. The molecule has 110 valence electrons. The van der Waals surface area contributed by atoms with Crippen LogP contribution in [0.15, 0.2) is 12.5 Å². The predicted molar refractivity (Wildman–Crippen MR) is 78.9 cm³/mol. The van der Waals surface area contributed by atoms with Crippen molar-refractivity contribution in [1.29, 1.82) is 0 Å². The maximum Gasteiger partial charge on any atom is 0.0949 e. The highest BCUT2D eigenvalue weighted by Gasteiger charge is 2.12. The van der Waals surface area contributed by atoms with Crippen LogP contribution in [0.3, 0.4) is 0 Å². The Hall–Kier alpha value is -0.870. The third-order valence-corrected chi connectivity index (χ3v) is 3.17. The minimum atomic E-state index is 0.0677. The van der Waals surface area contributed by atoms with Gasteiger partial charge in [0.15, 0.2) is 0 Å². The molecule has 0 saturated heterocycles. The molecule has 1 aromatic heterocycles. The molecule has 1 aromatic rings. The van der Waals surface area contributed by atoms with Gasteiger partial charge in [-0.05, 0) is 24.7 Å². The molecule has 19 heavy (non-hydrogen) atoms. The van der Waals surface area contributed by atoms with Gasteiger partial charge < -0.3 is 15.0 Å². The van der Waals surface area contributed by atoms with Crippen LogP contribution in [-0.2, 0) is 11.3 Å². The first-order valence-corrected chi connectivity index (χ1v) is 7.34. The molecule has 1 rings (SSSR count). The van der Waals surface area contributed by atoms with E-state index in [1.807, 2.05) is 12.5 Å². The second-order valence-electron chi connectivity index (χ2n) is 6.04. The molecule has 4 heteroatoms. The molecule has 0 saturated carbocycles. The lowest BCUT2D eigenvalue weighted by Gasteiger charge is -2.16. The lowest BCUT2D eigenvalue weighted by atomic mass is 10.0. The molecule has 0 bridgehead atoms. The van der Waals surface area contributed by atoms with E-state index < -0.39 is 0 Å². The van der Waals surface area contributed by atoms with Gasteiger partial charge in [-0.2, -0.15) is 0 Å². The zero-order valence-electron chi connectivity index (χ0n) is 12.8. The first kappa shape index (κ1) is 16.2. The summed E-state index contributed by atoms with van der Waals surface area (Å²) in [4.78, 5) is 4.21. The van der Waals surface area contributed by atoms with Crippen molar-refractivity contribution >= 4 is 0 Å². The zero-order valence-corrected chi connectivity index (χ0v) is 12.8. The number of nitrogens with two attached hydrogens (primary N) is 1. The quantitative estimate of drug-likeness (QED) is 0.700. The van der Waals surface area contributed by atoms with Crippen LogP contribution in [0, 0.1) is 11.8 Å².